The van der Waals surface area contributed by atoms with Gasteiger partial charge in [0.05, 0.1) is 6.10 Å². The van der Waals surface area contributed by atoms with Crippen LogP contribution in [0.4, 0.5) is 0 Å². The van der Waals surface area contributed by atoms with Crippen molar-refractivity contribution in [2.75, 3.05) is 0 Å². The number of aliphatic hydroxyl groups is 1. The fourth-order valence-corrected chi connectivity index (χ4v) is 2.32. The van der Waals surface area contributed by atoms with Gasteiger partial charge in [0.1, 0.15) is 11.5 Å². The van der Waals surface area contributed by atoms with Crippen LogP contribution in [0.15, 0.2) is 18.2 Å². The first kappa shape index (κ1) is 10.3. The standard InChI is InChI=1S/C12H16O3/c13-8-5-6-10(12(15)7-8)9-3-1-2-4-11(9)14/h5-7,9,11,13-15H,1-4H2. The fraction of sp³-hybridized carbons (Fsp3) is 0.500. The molecule has 0 heterocycles. The second-order valence-corrected chi connectivity index (χ2v) is 4.20. The van der Waals surface area contributed by atoms with Crippen molar-refractivity contribution in [1.82, 2.24) is 0 Å². The van der Waals surface area contributed by atoms with Crippen LogP contribution in [0.25, 0.3) is 0 Å². The van der Waals surface area contributed by atoms with Crippen LogP contribution in [0.2, 0.25) is 0 Å². The Balaban J connectivity index is 2.27. The molecule has 1 aromatic rings. The number of aromatic hydroxyl groups is 2. The molecule has 1 aliphatic rings. The van der Waals surface area contributed by atoms with E-state index in [1.807, 2.05) is 0 Å². The molecule has 1 aliphatic carbocycles. The number of hydrogen-bond donors (Lipinski definition) is 3. The summed E-state index contributed by atoms with van der Waals surface area (Å²) < 4.78 is 0. The van der Waals surface area contributed by atoms with E-state index in [0.29, 0.717) is 0 Å². The van der Waals surface area contributed by atoms with Gasteiger partial charge in [0.15, 0.2) is 0 Å². The van der Waals surface area contributed by atoms with Crippen LogP contribution in [0.1, 0.15) is 37.2 Å². The van der Waals surface area contributed by atoms with Crippen LogP contribution >= 0.6 is 0 Å². The Kier molecular flexibility index (Phi) is 2.82. The number of phenolic OH excluding ortho intramolecular Hbond substituents is 2. The molecular weight excluding hydrogens is 192 g/mol. The zero-order valence-corrected chi connectivity index (χ0v) is 8.56. The molecule has 2 atom stereocenters. The van der Waals surface area contributed by atoms with Crippen molar-refractivity contribution in [1.29, 1.82) is 0 Å². The lowest BCUT2D eigenvalue weighted by molar-refractivity contribution is 0.105. The largest absolute Gasteiger partial charge is 0.508 e. The van der Waals surface area contributed by atoms with Gasteiger partial charge in [-0.1, -0.05) is 18.9 Å². The molecule has 3 nitrogen and oxygen atoms in total. The molecule has 0 amide bonds. The van der Waals surface area contributed by atoms with E-state index in [0.717, 1.165) is 31.2 Å². The predicted molar refractivity (Wildman–Crippen MR) is 57.0 cm³/mol. The molecule has 3 N–H and O–H groups in total. The second-order valence-electron chi connectivity index (χ2n) is 4.20. The normalized spacial score (nSPS) is 26.5. The Morgan fingerprint density at radius 2 is 1.80 bits per heavy atom. The first-order valence-corrected chi connectivity index (χ1v) is 5.38. The monoisotopic (exact) mass is 208 g/mol. The van der Waals surface area contributed by atoms with Gasteiger partial charge < -0.3 is 15.3 Å². The van der Waals surface area contributed by atoms with E-state index < -0.39 is 0 Å². The highest BCUT2D eigenvalue weighted by molar-refractivity contribution is 5.41. The summed E-state index contributed by atoms with van der Waals surface area (Å²) in [5.74, 6) is 0.154. The van der Waals surface area contributed by atoms with Crippen LogP contribution in [0, 0.1) is 0 Å². The molecule has 0 bridgehead atoms. The highest BCUT2D eigenvalue weighted by atomic mass is 16.3. The maximum absolute atomic E-state index is 9.84. The zero-order chi connectivity index (χ0) is 10.8. The van der Waals surface area contributed by atoms with Crippen molar-refractivity contribution in [2.24, 2.45) is 0 Å². The average molecular weight is 208 g/mol. The van der Waals surface area contributed by atoms with Crippen molar-refractivity contribution in [3.05, 3.63) is 23.8 Å². The van der Waals surface area contributed by atoms with Gasteiger partial charge in [-0.05, 0) is 24.5 Å². The molecule has 15 heavy (non-hydrogen) atoms. The van der Waals surface area contributed by atoms with Crippen LogP contribution < -0.4 is 0 Å². The van der Waals surface area contributed by atoms with Crippen molar-refractivity contribution < 1.29 is 15.3 Å². The molecular formula is C12H16O3. The summed E-state index contributed by atoms with van der Waals surface area (Å²) in [6.45, 7) is 0. The topological polar surface area (TPSA) is 60.7 Å². The molecule has 0 spiro atoms. The maximum Gasteiger partial charge on any atom is 0.122 e. The van der Waals surface area contributed by atoms with Gasteiger partial charge in [-0.25, -0.2) is 0 Å². The van der Waals surface area contributed by atoms with E-state index in [2.05, 4.69) is 0 Å². The van der Waals surface area contributed by atoms with E-state index in [9.17, 15) is 15.3 Å². The minimum Gasteiger partial charge on any atom is -0.508 e. The van der Waals surface area contributed by atoms with Crippen molar-refractivity contribution in [3.63, 3.8) is 0 Å². The number of benzene rings is 1. The average Bonchev–Trinajstić information content (AvgIpc) is 2.20. The molecule has 2 rings (SSSR count). The molecule has 2 unspecified atom stereocenters. The Bertz CT molecular complexity index is 349. The summed E-state index contributed by atoms with van der Waals surface area (Å²) in [6, 6.07) is 4.58. The Morgan fingerprint density at radius 1 is 1.07 bits per heavy atom. The van der Waals surface area contributed by atoms with Crippen LogP contribution in [-0.2, 0) is 0 Å². The number of phenols is 2. The molecule has 82 valence electrons. The molecule has 0 aromatic heterocycles. The van der Waals surface area contributed by atoms with Gasteiger partial charge >= 0.3 is 0 Å². The first-order chi connectivity index (χ1) is 7.18. The Hall–Kier alpha value is -1.22. The highest BCUT2D eigenvalue weighted by Gasteiger charge is 2.26. The Labute approximate surface area is 89.0 Å². The summed E-state index contributed by atoms with van der Waals surface area (Å²) in [5.41, 5.74) is 0.750. The predicted octanol–water partition coefficient (Wildman–Crippen LogP) is 2.12. The summed E-state index contributed by atoms with van der Waals surface area (Å²) in [4.78, 5) is 0. The van der Waals surface area contributed by atoms with Gasteiger partial charge in [-0.15, -0.1) is 0 Å². The number of hydrogen-bond acceptors (Lipinski definition) is 3. The molecule has 3 heteroatoms. The van der Waals surface area contributed by atoms with Gasteiger partial charge in [0, 0.05) is 12.0 Å². The second kappa shape index (κ2) is 4.11. The van der Waals surface area contributed by atoms with Crippen LogP contribution in [0.5, 0.6) is 11.5 Å². The zero-order valence-electron chi connectivity index (χ0n) is 8.56. The van der Waals surface area contributed by atoms with E-state index >= 15 is 0 Å². The minimum atomic E-state index is -0.366. The first-order valence-electron chi connectivity index (χ1n) is 5.38. The minimum absolute atomic E-state index is 0.0133. The third-order valence-corrected chi connectivity index (χ3v) is 3.14. The smallest absolute Gasteiger partial charge is 0.122 e. The van der Waals surface area contributed by atoms with Gasteiger partial charge in [-0.2, -0.15) is 0 Å². The summed E-state index contributed by atoms with van der Waals surface area (Å²) in [5, 5.41) is 28.7. The number of aliphatic hydroxyl groups excluding tert-OH is 1. The van der Waals surface area contributed by atoms with Gasteiger partial charge in [0.2, 0.25) is 0 Å². The lowest BCUT2D eigenvalue weighted by atomic mass is 9.81. The summed E-state index contributed by atoms with van der Waals surface area (Å²) >= 11 is 0. The lowest BCUT2D eigenvalue weighted by Gasteiger charge is -2.28. The quantitative estimate of drug-likeness (QED) is 0.662. The van der Waals surface area contributed by atoms with Crippen molar-refractivity contribution in [2.45, 2.75) is 37.7 Å². The number of rotatable bonds is 1. The Morgan fingerprint density at radius 3 is 2.47 bits per heavy atom. The molecule has 0 aliphatic heterocycles. The van der Waals surface area contributed by atoms with Crippen LogP contribution in [0.3, 0.4) is 0 Å². The van der Waals surface area contributed by atoms with Gasteiger partial charge in [0.25, 0.3) is 0 Å². The van der Waals surface area contributed by atoms with Crippen molar-refractivity contribution >= 4 is 0 Å². The summed E-state index contributed by atoms with van der Waals surface area (Å²) in [7, 11) is 0. The molecule has 1 fully saturated rings. The highest BCUT2D eigenvalue weighted by Crippen LogP contribution is 2.38. The summed E-state index contributed by atoms with van der Waals surface area (Å²) in [6.07, 6.45) is 3.47. The van der Waals surface area contributed by atoms with E-state index in [4.69, 9.17) is 0 Å². The third-order valence-electron chi connectivity index (χ3n) is 3.14. The van der Waals surface area contributed by atoms with E-state index in [-0.39, 0.29) is 23.5 Å². The van der Waals surface area contributed by atoms with Crippen LogP contribution in [-0.4, -0.2) is 21.4 Å². The lowest BCUT2D eigenvalue weighted by Crippen LogP contribution is -2.22. The molecule has 1 aromatic carbocycles. The van der Waals surface area contributed by atoms with Crippen molar-refractivity contribution in [3.8, 4) is 11.5 Å². The fourth-order valence-electron chi connectivity index (χ4n) is 2.32. The molecule has 1 saturated carbocycles. The van der Waals surface area contributed by atoms with Gasteiger partial charge in [-0.3, -0.25) is 0 Å². The van der Waals surface area contributed by atoms with E-state index in [1.54, 1.807) is 12.1 Å². The molecule has 0 saturated heterocycles. The van der Waals surface area contributed by atoms with E-state index in [1.165, 1.54) is 6.07 Å². The maximum atomic E-state index is 9.84. The molecule has 0 radical (unpaired) electrons. The third kappa shape index (κ3) is 2.07. The SMILES string of the molecule is Oc1ccc(C2CCCCC2O)c(O)c1.